The third kappa shape index (κ3) is 5.54. The lowest BCUT2D eigenvalue weighted by molar-refractivity contribution is 0.0335. The highest BCUT2D eigenvalue weighted by Gasteiger charge is 2.26. The summed E-state index contributed by atoms with van der Waals surface area (Å²) in [5, 5.41) is 0. The second-order valence-corrected chi connectivity index (χ2v) is 7.96. The van der Waals surface area contributed by atoms with Gasteiger partial charge in [0.25, 0.3) is 0 Å². The Labute approximate surface area is 165 Å². The Morgan fingerprint density at radius 1 is 1.07 bits per heavy atom. The van der Waals surface area contributed by atoms with Gasteiger partial charge in [-0.1, -0.05) is 30.3 Å². The van der Waals surface area contributed by atoms with Crippen molar-refractivity contribution < 1.29 is 27.4 Å². The highest BCUT2D eigenvalue weighted by atomic mass is 32.2. The van der Waals surface area contributed by atoms with Crippen molar-refractivity contribution in [2.24, 2.45) is 0 Å². The van der Waals surface area contributed by atoms with Crippen molar-refractivity contribution in [3.8, 4) is 5.75 Å². The molecule has 0 atom stereocenters. The van der Waals surface area contributed by atoms with E-state index in [9.17, 15) is 13.2 Å². The minimum Gasteiger partial charge on any atom is -0.495 e. The van der Waals surface area contributed by atoms with Gasteiger partial charge in [0.1, 0.15) is 17.3 Å². The molecule has 0 heterocycles. The number of nitrogens with zero attached hydrogens (tertiary/aromatic N) is 1. The number of rotatable bonds is 10. The lowest BCUT2D eigenvalue weighted by atomic mass is 10.2. The fraction of sp³-hybridized carbons (Fsp3) is 0.350. The molecule has 0 saturated carbocycles. The molecule has 2 aromatic carbocycles. The summed E-state index contributed by atoms with van der Waals surface area (Å²) in [5.41, 5.74) is 0.975. The standard InChI is InChI=1S/C20H25NO6S/c1-4-26-12-13-27-20(22)17-10-11-18(25-3)19(14-17)28(23,24)21(2)15-16-8-6-5-7-9-16/h5-11,14H,4,12-13,15H2,1-3H3. The number of esters is 1. The van der Waals surface area contributed by atoms with E-state index in [4.69, 9.17) is 14.2 Å². The first-order valence-corrected chi connectivity index (χ1v) is 10.3. The molecule has 2 rings (SSSR count). The van der Waals surface area contributed by atoms with E-state index < -0.39 is 16.0 Å². The summed E-state index contributed by atoms with van der Waals surface area (Å²) >= 11 is 0. The topological polar surface area (TPSA) is 82.1 Å². The molecular weight excluding hydrogens is 382 g/mol. The maximum atomic E-state index is 13.1. The van der Waals surface area contributed by atoms with E-state index in [0.29, 0.717) is 6.61 Å². The Morgan fingerprint density at radius 3 is 2.43 bits per heavy atom. The van der Waals surface area contributed by atoms with Crippen LogP contribution in [0.4, 0.5) is 0 Å². The van der Waals surface area contributed by atoms with Crippen LogP contribution in [0, 0.1) is 0 Å². The molecule has 0 aliphatic heterocycles. The molecule has 0 amide bonds. The third-order valence-corrected chi connectivity index (χ3v) is 5.83. The van der Waals surface area contributed by atoms with Crippen LogP contribution in [0.15, 0.2) is 53.4 Å². The Hall–Kier alpha value is -2.42. The molecule has 28 heavy (non-hydrogen) atoms. The van der Waals surface area contributed by atoms with Crippen LogP contribution in [0.1, 0.15) is 22.8 Å². The predicted molar refractivity (Wildman–Crippen MR) is 105 cm³/mol. The van der Waals surface area contributed by atoms with Crippen molar-refractivity contribution in [3.05, 3.63) is 59.7 Å². The van der Waals surface area contributed by atoms with Crippen LogP contribution in [0.2, 0.25) is 0 Å². The van der Waals surface area contributed by atoms with E-state index in [1.165, 1.54) is 36.7 Å². The molecule has 152 valence electrons. The van der Waals surface area contributed by atoms with Crippen molar-refractivity contribution in [2.45, 2.75) is 18.4 Å². The summed E-state index contributed by atoms with van der Waals surface area (Å²) in [6.07, 6.45) is 0. The summed E-state index contributed by atoms with van der Waals surface area (Å²) in [5.74, 6) is -0.463. The molecule has 0 bridgehead atoms. The summed E-state index contributed by atoms with van der Waals surface area (Å²) < 4.78 is 42.8. The molecule has 0 aliphatic carbocycles. The lowest BCUT2D eigenvalue weighted by Gasteiger charge is -2.19. The molecule has 7 nitrogen and oxygen atoms in total. The lowest BCUT2D eigenvalue weighted by Crippen LogP contribution is -2.27. The van der Waals surface area contributed by atoms with Gasteiger partial charge in [0.15, 0.2) is 0 Å². The van der Waals surface area contributed by atoms with Crippen molar-refractivity contribution in [1.82, 2.24) is 4.31 Å². The van der Waals surface area contributed by atoms with Gasteiger partial charge in [0.05, 0.1) is 19.3 Å². The van der Waals surface area contributed by atoms with Gasteiger partial charge in [-0.05, 0) is 30.7 Å². The quantitative estimate of drug-likeness (QED) is 0.445. The van der Waals surface area contributed by atoms with E-state index in [-0.39, 0.29) is 36.0 Å². The van der Waals surface area contributed by atoms with Crippen molar-refractivity contribution in [3.63, 3.8) is 0 Å². The van der Waals surface area contributed by atoms with Gasteiger partial charge in [-0.25, -0.2) is 13.2 Å². The maximum Gasteiger partial charge on any atom is 0.338 e. The zero-order chi connectivity index (χ0) is 20.6. The van der Waals surface area contributed by atoms with Crippen LogP contribution in [0.5, 0.6) is 5.75 Å². The smallest absolute Gasteiger partial charge is 0.338 e. The normalized spacial score (nSPS) is 11.4. The van der Waals surface area contributed by atoms with Crippen LogP contribution < -0.4 is 4.74 Å². The van der Waals surface area contributed by atoms with E-state index in [2.05, 4.69) is 0 Å². The Balaban J connectivity index is 2.25. The molecule has 0 radical (unpaired) electrons. The molecule has 0 fully saturated rings. The molecule has 0 N–H and O–H groups in total. The number of hydrogen-bond acceptors (Lipinski definition) is 6. The molecule has 0 saturated heterocycles. The highest BCUT2D eigenvalue weighted by molar-refractivity contribution is 7.89. The fourth-order valence-electron chi connectivity index (χ4n) is 2.52. The van der Waals surface area contributed by atoms with Gasteiger partial charge >= 0.3 is 5.97 Å². The van der Waals surface area contributed by atoms with Crippen LogP contribution in [-0.2, 0) is 26.0 Å². The first-order valence-electron chi connectivity index (χ1n) is 8.83. The average molecular weight is 407 g/mol. The number of carbonyl (C=O) groups excluding carboxylic acids is 1. The van der Waals surface area contributed by atoms with Crippen molar-refractivity contribution in [1.29, 1.82) is 0 Å². The number of hydrogen-bond donors (Lipinski definition) is 0. The largest absolute Gasteiger partial charge is 0.495 e. The van der Waals surface area contributed by atoms with E-state index in [0.717, 1.165) is 5.56 Å². The van der Waals surface area contributed by atoms with Crippen LogP contribution in [-0.4, -0.2) is 52.7 Å². The van der Waals surface area contributed by atoms with Crippen LogP contribution >= 0.6 is 0 Å². The van der Waals surface area contributed by atoms with Gasteiger partial charge in [0.2, 0.25) is 10.0 Å². The minimum atomic E-state index is -3.89. The number of methoxy groups -OCH3 is 1. The summed E-state index contributed by atoms with van der Waals surface area (Å²) in [4.78, 5) is 12.1. The first-order chi connectivity index (χ1) is 13.4. The van der Waals surface area contributed by atoms with Crippen LogP contribution in [0.25, 0.3) is 0 Å². The van der Waals surface area contributed by atoms with Crippen molar-refractivity contribution in [2.75, 3.05) is 34.0 Å². The van der Waals surface area contributed by atoms with Crippen LogP contribution in [0.3, 0.4) is 0 Å². The molecule has 0 spiro atoms. The number of ether oxygens (including phenoxy) is 3. The predicted octanol–water partition coefficient (Wildman–Crippen LogP) is 2.71. The van der Waals surface area contributed by atoms with E-state index in [1.807, 2.05) is 37.3 Å². The molecule has 2 aromatic rings. The molecule has 8 heteroatoms. The second-order valence-electron chi connectivity index (χ2n) is 5.95. The first kappa shape index (κ1) is 21.9. The number of carbonyl (C=O) groups is 1. The third-order valence-electron chi connectivity index (χ3n) is 4.00. The maximum absolute atomic E-state index is 13.1. The summed E-state index contributed by atoms with van der Waals surface area (Å²) in [6, 6.07) is 13.4. The van der Waals surface area contributed by atoms with E-state index in [1.54, 1.807) is 0 Å². The monoisotopic (exact) mass is 407 g/mol. The summed E-state index contributed by atoms with van der Waals surface area (Å²) in [7, 11) is -1.03. The Bertz CT molecular complexity index is 883. The zero-order valence-electron chi connectivity index (χ0n) is 16.3. The fourth-order valence-corrected chi connectivity index (χ4v) is 3.86. The number of sulfonamides is 1. The SMILES string of the molecule is CCOCCOC(=O)c1ccc(OC)c(S(=O)(=O)N(C)Cc2ccccc2)c1. The molecular formula is C20H25NO6S. The van der Waals surface area contributed by atoms with Gasteiger partial charge in [-0.3, -0.25) is 0 Å². The average Bonchev–Trinajstić information content (AvgIpc) is 2.71. The Kier molecular flexibility index (Phi) is 7.98. The molecule has 0 aromatic heterocycles. The minimum absolute atomic E-state index is 0.0901. The van der Waals surface area contributed by atoms with Crippen molar-refractivity contribution >= 4 is 16.0 Å². The van der Waals surface area contributed by atoms with Gasteiger partial charge in [-0.15, -0.1) is 0 Å². The zero-order valence-corrected chi connectivity index (χ0v) is 17.1. The van der Waals surface area contributed by atoms with Gasteiger partial charge in [0, 0.05) is 20.2 Å². The molecule has 0 aliphatic rings. The molecule has 0 unspecified atom stereocenters. The summed E-state index contributed by atoms with van der Waals surface area (Å²) in [6.45, 7) is 2.93. The highest BCUT2D eigenvalue weighted by Crippen LogP contribution is 2.28. The van der Waals surface area contributed by atoms with Gasteiger partial charge in [-0.2, -0.15) is 4.31 Å². The van der Waals surface area contributed by atoms with E-state index >= 15 is 0 Å². The second kappa shape index (κ2) is 10.2. The Morgan fingerprint density at radius 2 is 1.79 bits per heavy atom. The number of benzene rings is 2. The van der Waals surface area contributed by atoms with Gasteiger partial charge < -0.3 is 14.2 Å².